The molecule has 0 heterocycles. The minimum Gasteiger partial charge on any atom is -0.481 e. The second-order valence-electron chi connectivity index (χ2n) is 15.7. The second-order valence-corrected chi connectivity index (χ2v) is 15.7. The highest BCUT2D eigenvalue weighted by Gasteiger charge is 2.40. The summed E-state index contributed by atoms with van der Waals surface area (Å²) >= 11 is 0. The third kappa shape index (κ3) is 22.5. The smallest absolute Gasteiger partial charge is 0.408 e. The summed E-state index contributed by atoms with van der Waals surface area (Å²) in [5.41, 5.74) is 2.52. The molecule has 0 radical (unpaired) electrons. The summed E-state index contributed by atoms with van der Waals surface area (Å²) in [5, 5.41) is 16.3. The van der Waals surface area contributed by atoms with Gasteiger partial charge in [-0.1, -0.05) is 11.8 Å². The molecule has 0 fully saturated rings. The van der Waals surface area contributed by atoms with Gasteiger partial charge in [-0.05, 0) is 131 Å². The van der Waals surface area contributed by atoms with Crippen molar-refractivity contribution in [1.29, 1.82) is 0 Å². The fourth-order valence-electron chi connectivity index (χ4n) is 4.28. The predicted molar refractivity (Wildman–Crippen MR) is 228 cm³/mol. The maximum atomic E-state index is 12.7. The van der Waals surface area contributed by atoms with E-state index in [9.17, 15) is 28.8 Å². The number of ether oxygens (including phenoxy) is 6. The molecule has 0 saturated heterocycles. The molecule has 0 saturated carbocycles. The van der Waals surface area contributed by atoms with Gasteiger partial charge < -0.3 is 55.2 Å². The monoisotopic (exact) mass is 860 g/mol. The highest BCUT2D eigenvalue weighted by atomic mass is 16.6. The summed E-state index contributed by atoms with van der Waals surface area (Å²) in [6.45, 7) is 11.9. The van der Waals surface area contributed by atoms with Gasteiger partial charge in [0.25, 0.3) is 5.91 Å². The Balaban J connectivity index is 0.00000108. The Morgan fingerprint density at radius 2 is 1.05 bits per heavy atom. The van der Waals surface area contributed by atoms with Gasteiger partial charge in [0.1, 0.15) is 48.0 Å². The van der Waals surface area contributed by atoms with Crippen molar-refractivity contribution >= 4 is 36.0 Å². The van der Waals surface area contributed by atoms with Crippen molar-refractivity contribution in [2.45, 2.75) is 117 Å². The number of amides is 3. The van der Waals surface area contributed by atoms with Crippen molar-refractivity contribution in [2.24, 2.45) is 5.73 Å². The van der Waals surface area contributed by atoms with Crippen LogP contribution in [-0.2, 0) is 28.5 Å². The van der Waals surface area contributed by atoms with Gasteiger partial charge in [-0.15, -0.1) is 11.8 Å². The van der Waals surface area contributed by atoms with Crippen LogP contribution in [0.15, 0.2) is 48.5 Å². The SMILES string of the molecule is COC(=O)[C@@H](N)C(C)(C)NC(=O)OC(C)(C)C.[2H]C([2H])([2H])C#CCOc1ccc(C(=O)N[C@H](C(=O)OC)C(C)(C)NC(=O)OC(C)(C)C)cc1.[2H]C([2H])([2H])C#CCOc1ccc(C(=O)O)cc1. The standard InChI is InChI=1S/C22H30N2O6.C11H22N2O4.C11H10O3/c1-8-9-14-29-16-12-10-15(11-13-16)18(25)23-17(19(26)28-7)22(5,6)24-20(27)30-21(2,3)4;1-10(2,3)17-9(15)13-11(4,5)7(12)8(14)16-6;1-2-3-8-14-10-6-4-9(5-7-10)11(12)13/h10-13,17H,14H2,1-7H3,(H,23,25)(H,24,27);7H,12H2,1-6H3,(H,13,15);4-7H,8H2,1H3,(H,12,13)/t17-;7-;/m11./s1/i1D3;;1D3. The average molecular weight is 861 g/mol. The molecule has 0 aliphatic heterocycles. The summed E-state index contributed by atoms with van der Waals surface area (Å²) in [6.07, 6.45) is -1.37. The van der Waals surface area contributed by atoms with E-state index in [2.05, 4.69) is 44.4 Å². The average Bonchev–Trinajstić information content (AvgIpc) is 3.17. The molecule has 2 rings (SSSR count). The zero-order valence-electron chi connectivity index (χ0n) is 42.6. The first kappa shape index (κ1) is 44.1. The van der Waals surface area contributed by atoms with Crippen LogP contribution in [-0.4, -0.2) is 103 Å². The minimum atomic E-state index is -2.35. The Kier molecular flexibility index (Phi) is 18.2. The first-order valence-electron chi connectivity index (χ1n) is 21.4. The van der Waals surface area contributed by atoms with E-state index in [0.29, 0.717) is 11.5 Å². The quantitative estimate of drug-likeness (QED) is 0.0984. The van der Waals surface area contributed by atoms with Crippen LogP contribution >= 0.6 is 0 Å². The largest absolute Gasteiger partial charge is 0.481 e. The Morgan fingerprint density at radius 1 is 0.656 bits per heavy atom. The lowest BCUT2D eigenvalue weighted by atomic mass is 9.94. The van der Waals surface area contributed by atoms with Gasteiger partial charge in [0.2, 0.25) is 0 Å². The molecular formula is C44H62N4O13. The molecule has 0 bridgehead atoms. The Labute approximate surface area is 367 Å². The molecule has 0 aliphatic carbocycles. The van der Waals surface area contributed by atoms with E-state index in [-0.39, 0.29) is 24.3 Å². The van der Waals surface area contributed by atoms with E-state index in [1.165, 1.54) is 62.8 Å². The number of carboxylic acids is 1. The number of nitrogens with one attached hydrogen (secondary N) is 3. The summed E-state index contributed by atoms with van der Waals surface area (Å²) < 4.78 is 71.6. The molecule has 2 atom stereocenters. The zero-order chi connectivity index (χ0) is 52.2. The summed E-state index contributed by atoms with van der Waals surface area (Å²) in [5.74, 6) is 6.76. The number of rotatable bonds is 13. The Bertz CT molecular complexity index is 2110. The van der Waals surface area contributed by atoms with Gasteiger partial charge in [-0.2, -0.15) is 0 Å². The van der Waals surface area contributed by atoms with Crippen molar-refractivity contribution in [3.63, 3.8) is 0 Å². The fraction of sp³-hybridized carbons (Fsp3) is 0.500. The number of carbonyl (C=O) groups excluding carboxylic acids is 5. The van der Waals surface area contributed by atoms with Gasteiger partial charge in [-0.3, -0.25) is 9.59 Å². The number of hydrogen-bond donors (Lipinski definition) is 5. The van der Waals surface area contributed by atoms with Crippen LogP contribution in [0.25, 0.3) is 0 Å². The molecule has 6 N–H and O–H groups in total. The van der Waals surface area contributed by atoms with Gasteiger partial charge in [0.05, 0.1) is 30.9 Å². The van der Waals surface area contributed by atoms with E-state index >= 15 is 0 Å². The van der Waals surface area contributed by atoms with Crippen LogP contribution in [0.4, 0.5) is 9.59 Å². The molecule has 336 valence electrons. The summed E-state index contributed by atoms with van der Waals surface area (Å²) in [7, 11) is 2.41. The third-order valence-electron chi connectivity index (χ3n) is 7.33. The normalized spacial score (nSPS) is 13.6. The number of carboxylic acid groups (broad SMARTS) is 1. The first-order chi connectivity index (χ1) is 30.4. The molecule has 0 spiro atoms. The zero-order valence-corrected chi connectivity index (χ0v) is 36.6. The molecule has 0 unspecified atom stereocenters. The number of benzene rings is 2. The minimum absolute atomic E-state index is 0.0508. The van der Waals surface area contributed by atoms with E-state index in [1.807, 2.05) is 0 Å². The van der Waals surface area contributed by atoms with Crippen LogP contribution in [0.1, 0.15) is 112 Å². The van der Waals surface area contributed by atoms with Crippen molar-refractivity contribution in [3.05, 3.63) is 59.7 Å². The number of esters is 2. The van der Waals surface area contributed by atoms with Gasteiger partial charge >= 0.3 is 30.1 Å². The fourth-order valence-corrected chi connectivity index (χ4v) is 4.28. The number of methoxy groups -OCH3 is 2. The number of hydrogen-bond acceptors (Lipinski definition) is 13. The lowest BCUT2D eigenvalue weighted by Gasteiger charge is -2.34. The highest BCUT2D eigenvalue weighted by molar-refractivity contribution is 5.97. The van der Waals surface area contributed by atoms with Crippen LogP contribution in [0.2, 0.25) is 0 Å². The molecule has 61 heavy (non-hydrogen) atoms. The maximum absolute atomic E-state index is 12.7. The van der Waals surface area contributed by atoms with Crippen LogP contribution in [0, 0.1) is 23.7 Å². The molecule has 17 nitrogen and oxygen atoms in total. The molecule has 0 aromatic heterocycles. The highest BCUT2D eigenvalue weighted by Crippen LogP contribution is 2.17. The van der Waals surface area contributed by atoms with Crippen molar-refractivity contribution < 1.29 is 70.5 Å². The van der Waals surface area contributed by atoms with E-state index < -0.39 is 84.1 Å². The molecule has 2 aromatic rings. The summed E-state index contributed by atoms with van der Waals surface area (Å²) in [6, 6.07) is 9.53. The summed E-state index contributed by atoms with van der Waals surface area (Å²) in [4.78, 5) is 70.7. The maximum Gasteiger partial charge on any atom is 0.408 e. The predicted octanol–water partition coefficient (Wildman–Crippen LogP) is 5.24. The van der Waals surface area contributed by atoms with Crippen molar-refractivity contribution in [1.82, 2.24) is 16.0 Å². The third-order valence-corrected chi connectivity index (χ3v) is 7.33. The van der Waals surface area contributed by atoms with Crippen LogP contribution < -0.4 is 31.2 Å². The van der Waals surface area contributed by atoms with Crippen LogP contribution in [0.3, 0.4) is 0 Å². The topological polar surface area (TPSA) is 240 Å². The molecule has 2 aromatic carbocycles. The van der Waals surface area contributed by atoms with Crippen molar-refractivity contribution in [2.75, 3.05) is 27.4 Å². The van der Waals surface area contributed by atoms with E-state index in [0.717, 1.165) is 0 Å². The van der Waals surface area contributed by atoms with Gasteiger partial charge in [0.15, 0.2) is 0 Å². The van der Waals surface area contributed by atoms with Crippen LogP contribution in [0.5, 0.6) is 11.5 Å². The molecule has 0 aliphatic rings. The van der Waals surface area contributed by atoms with Gasteiger partial charge in [0, 0.05) is 13.8 Å². The Morgan fingerprint density at radius 3 is 1.41 bits per heavy atom. The Hall–Kier alpha value is -6.46. The van der Waals surface area contributed by atoms with Gasteiger partial charge in [-0.25, -0.2) is 19.2 Å². The number of carbonyl (C=O) groups is 6. The first-order valence-corrected chi connectivity index (χ1v) is 18.4. The molecular weight excluding hydrogens is 792 g/mol. The van der Waals surface area contributed by atoms with E-state index in [1.54, 1.807) is 69.2 Å². The number of aromatic carboxylic acids is 1. The molecule has 3 amide bonds. The second kappa shape index (κ2) is 25.2. The number of alkyl carbamates (subject to hydrolysis) is 2. The van der Waals surface area contributed by atoms with Crippen molar-refractivity contribution in [3.8, 4) is 35.2 Å². The molecule has 17 heteroatoms. The van der Waals surface area contributed by atoms with E-state index in [4.69, 9.17) is 42.7 Å². The lowest BCUT2D eigenvalue weighted by Crippen LogP contribution is -2.62. The number of nitrogens with two attached hydrogens (primary N) is 1. The lowest BCUT2D eigenvalue weighted by molar-refractivity contribution is -0.145.